The number of hydrogen-bond donors (Lipinski definition) is 1. The number of ether oxygens (including phenoxy) is 2. The molecule has 0 radical (unpaired) electrons. The summed E-state index contributed by atoms with van der Waals surface area (Å²) in [5, 5.41) is 9.55. The lowest BCUT2D eigenvalue weighted by Gasteiger charge is -2.20. The Morgan fingerprint density at radius 3 is 2.92 bits per heavy atom. The van der Waals surface area contributed by atoms with Crippen LogP contribution in [-0.2, 0) is 16.8 Å². The molecule has 0 saturated heterocycles. The van der Waals surface area contributed by atoms with Crippen molar-refractivity contribution >= 4 is 0 Å². The molecule has 1 aromatic carbocycles. The fraction of sp³-hybridized carbons (Fsp3) is 0.444. The Balaban J connectivity index is 1.81. The summed E-state index contributed by atoms with van der Waals surface area (Å²) in [6.45, 7) is 2.52. The molecule has 3 rings (SSSR count). The van der Waals surface area contributed by atoms with E-state index in [4.69, 9.17) is 9.47 Å². The molecule has 1 N–H and O–H groups in total. The van der Waals surface area contributed by atoms with Crippen molar-refractivity contribution in [2.75, 3.05) is 20.3 Å². The first-order chi connectivity index (χ1) is 11.6. The summed E-state index contributed by atoms with van der Waals surface area (Å²) < 4.78 is 24.7. The number of aliphatic hydroxyl groups excluding tert-OH is 1. The standard InChI is InChI=1S/C18H21FN2O3/c1-12-20-8-17(16(21-12)10-23-2)24-11-18(7-14(18)9-22)13-4-3-5-15(19)6-13/h3-6,8,14,22H,7,9-11H2,1-2H3/t14-,18+/m0/s1. The number of methoxy groups -OCH3 is 1. The molecule has 1 aromatic heterocycles. The monoisotopic (exact) mass is 332 g/mol. The van der Waals surface area contributed by atoms with Crippen LogP contribution in [0.5, 0.6) is 5.75 Å². The van der Waals surface area contributed by atoms with E-state index in [1.54, 1.807) is 26.3 Å². The van der Waals surface area contributed by atoms with Gasteiger partial charge in [0, 0.05) is 19.1 Å². The molecule has 2 aromatic rings. The Hall–Kier alpha value is -2.05. The molecule has 0 aliphatic heterocycles. The van der Waals surface area contributed by atoms with Gasteiger partial charge < -0.3 is 14.6 Å². The number of aromatic nitrogens is 2. The third-order valence-electron chi connectivity index (χ3n) is 4.57. The second kappa shape index (κ2) is 6.83. The van der Waals surface area contributed by atoms with E-state index in [9.17, 15) is 9.50 Å². The smallest absolute Gasteiger partial charge is 0.161 e. The van der Waals surface area contributed by atoms with E-state index in [2.05, 4.69) is 9.97 Å². The molecule has 1 fully saturated rings. The highest BCUT2D eigenvalue weighted by Crippen LogP contribution is 2.54. The van der Waals surface area contributed by atoms with Gasteiger partial charge in [-0.25, -0.2) is 14.4 Å². The van der Waals surface area contributed by atoms with Crippen LogP contribution in [0.4, 0.5) is 4.39 Å². The molecular weight excluding hydrogens is 311 g/mol. The predicted molar refractivity (Wildman–Crippen MR) is 86.2 cm³/mol. The van der Waals surface area contributed by atoms with Gasteiger partial charge >= 0.3 is 0 Å². The molecule has 128 valence electrons. The number of hydrogen-bond acceptors (Lipinski definition) is 5. The summed E-state index contributed by atoms with van der Waals surface area (Å²) in [6.07, 6.45) is 2.39. The summed E-state index contributed by atoms with van der Waals surface area (Å²) in [5.74, 6) is 0.987. The number of aryl methyl sites for hydroxylation is 1. The Bertz CT molecular complexity index is 725. The van der Waals surface area contributed by atoms with Crippen LogP contribution in [0.3, 0.4) is 0 Å². The molecule has 24 heavy (non-hydrogen) atoms. The molecular formula is C18H21FN2O3. The maximum atomic E-state index is 13.6. The molecule has 2 atom stereocenters. The molecule has 1 aliphatic carbocycles. The van der Waals surface area contributed by atoms with Gasteiger partial charge in [-0.05, 0) is 37.0 Å². The van der Waals surface area contributed by atoms with Crippen molar-refractivity contribution in [1.82, 2.24) is 9.97 Å². The molecule has 6 heteroatoms. The highest BCUT2D eigenvalue weighted by atomic mass is 19.1. The Morgan fingerprint density at radius 2 is 2.25 bits per heavy atom. The second-order valence-corrected chi connectivity index (χ2v) is 6.20. The van der Waals surface area contributed by atoms with Crippen molar-refractivity contribution < 1.29 is 19.0 Å². The lowest BCUT2D eigenvalue weighted by atomic mass is 9.94. The van der Waals surface area contributed by atoms with Gasteiger partial charge in [-0.15, -0.1) is 0 Å². The van der Waals surface area contributed by atoms with E-state index in [0.29, 0.717) is 30.5 Å². The summed E-state index contributed by atoms with van der Waals surface area (Å²) >= 11 is 0. The Kier molecular flexibility index (Phi) is 4.78. The minimum Gasteiger partial charge on any atom is -0.489 e. The average molecular weight is 332 g/mol. The zero-order valence-electron chi connectivity index (χ0n) is 13.8. The van der Waals surface area contributed by atoms with Crippen LogP contribution in [0.25, 0.3) is 0 Å². The highest BCUT2D eigenvalue weighted by molar-refractivity contribution is 5.35. The molecule has 1 saturated carbocycles. The van der Waals surface area contributed by atoms with Crippen LogP contribution in [0.1, 0.15) is 23.5 Å². The van der Waals surface area contributed by atoms with E-state index in [-0.39, 0.29) is 23.8 Å². The molecule has 0 spiro atoms. The number of nitrogens with zero attached hydrogens (tertiary/aromatic N) is 2. The van der Waals surface area contributed by atoms with Crippen LogP contribution in [0.15, 0.2) is 30.5 Å². The molecule has 1 aliphatic rings. The number of halogens is 1. The molecule has 1 heterocycles. The maximum Gasteiger partial charge on any atom is 0.161 e. The summed E-state index contributed by atoms with van der Waals surface area (Å²) in [4.78, 5) is 8.51. The largest absolute Gasteiger partial charge is 0.489 e. The lowest BCUT2D eigenvalue weighted by Crippen LogP contribution is -2.22. The van der Waals surface area contributed by atoms with E-state index < -0.39 is 0 Å². The van der Waals surface area contributed by atoms with Gasteiger partial charge in [0.05, 0.1) is 19.4 Å². The van der Waals surface area contributed by atoms with Gasteiger partial charge in [0.1, 0.15) is 17.3 Å². The zero-order valence-corrected chi connectivity index (χ0v) is 13.8. The number of rotatable bonds is 7. The van der Waals surface area contributed by atoms with Crippen molar-refractivity contribution in [2.24, 2.45) is 5.92 Å². The summed E-state index contributed by atoms with van der Waals surface area (Å²) in [6, 6.07) is 6.49. The van der Waals surface area contributed by atoms with Crippen LogP contribution in [-0.4, -0.2) is 35.4 Å². The van der Waals surface area contributed by atoms with Crippen LogP contribution >= 0.6 is 0 Å². The van der Waals surface area contributed by atoms with E-state index in [0.717, 1.165) is 12.0 Å². The third kappa shape index (κ3) is 3.25. The van der Waals surface area contributed by atoms with Crippen molar-refractivity contribution in [1.29, 1.82) is 0 Å². The van der Waals surface area contributed by atoms with Crippen LogP contribution in [0.2, 0.25) is 0 Å². The highest BCUT2D eigenvalue weighted by Gasteiger charge is 2.55. The molecule has 0 amide bonds. The Labute approximate surface area is 140 Å². The topological polar surface area (TPSA) is 64.5 Å². The van der Waals surface area contributed by atoms with Crippen molar-refractivity contribution in [2.45, 2.75) is 25.4 Å². The van der Waals surface area contributed by atoms with Crippen LogP contribution in [0, 0.1) is 18.7 Å². The predicted octanol–water partition coefficient (Wildman–Crippen LogP) is 2.40. The fourth-order valence-electron chi connectivity index (χ4n) is 3.10. The first-order valence-electron chi connectivity index (χ1n) is 7.90. The summed E-state index contributed by atoms with van der Waals surface area (Å²) in [7, 11) is 1.60. The second-order valence-electron chi connectivity index (χ2n) is 6.20. The minimum absolute atomic E-state index is 0.0508. The third-order valence-corrected chi connectivity index (χ3v) is 4.57. The quantitative estimate of drug-likeness (QED) is 0.843. The molecule has 0 unspecified atom stereocenters. The van der Waals surface area contributed by atoms with Crippen LogP contribution < -0.4 is 4.74 Å². The minimum atomic E-state index is -0.369. The molecule has 5 nitrogen and oxygen atoms in total. The van der Waals surface area contributed by atoms with Gasteiger partial charge in [0.15, 0.2) is 5.75 Å². The van der Waals surface area contributed by atoms with E-state index in [1.807, 2.05) is 6.07 Å². The number of aliphatic hydroxyl groups is 1. The summed E-state index contributed by atoms with van der Waals surface area (Å²) in [5.41, 5.74) is 1.16. The van der Waals surface area contributed by atoms with Gasteiger partial charge in [0.25, 0.3) is 0 Å². The van der Waals surface area contributed by atoms with Gasteiger partial charge in [-0.3, -0.25) is 0 Å². The maximum absolute atomic E-state index is 13.6. The normalized spacial score (nSPS) is 22.4. The Morgan fingerprint density at radius 1 is 1.42 bits per heavy atom. The first kappa shape index (κ1) is 16.8. The van der Waals surface area contributed by atoms with Gasteiger partial charge in [-0.1, -0.05) is 12.1 Å². The van der Waals surface area contributed by atoms with Gasteiger partial charge in [-0.2, -0.15) is 0 Å². The van der Waals surface area contributed by atoms with E-state index in [1.165, 1.54) is 12.1 Å². The first-order valence-corrected chi connectivity index (χ1v) is 7.90. The van der Waals surface area contributed by atoms with Crippen molar-refractivity contribution in [3.8, 4) is 5.75 Å². The van der Waals surface area contributed by atoms with Crippen molar-refractivity contribution in [3.63, 3.8) is 0 Å². The van der Waals surface area contributed by atoms with Crippen molar-refractivity contribution in [3.05, 3.63) is 53.4 Å². The molecule has 0 bridgehead atoms. The number of benzene rings is 1. The van der Waals surface area contributed by atoms with E-state index >= 15 is 0 Å². The zero-order chi connectivity index (χ0) is 17.2. The SMILES string of the molecule is COCc1nc(C)ncc1OC[C@@]1(c2cccc(F)c2)C[C@H]1CO. The van der Waals surface area contributed by atoms with Gasteiger partial charge in [0.2, 0.25) is 0 Å². The fourth-order valence-corrected chi connectivity index (χ4v) is 3.10. The lowest BCUT2D eigenvalue weighted by molar-refractivity contribution is 0.172. The average Bonchev–Trinajstić information content (AvgIpc) is 3.29.